The SMILES string of the molecule is CC.CC.CC.CC1CCC/C(=C/C=C2\CCCC3(C)C(CCCCC(C)(C)O)CCC23)C1. The molecule has 3 aliphatic carbocycles. The van der Waals surface area contributed by atoms with Crippen LogP contribution in [0.25, 0.3) is 0 Å². The lowest BCUT2D eigenvalue weighted by atomic mass is 9.62. The van der Waals surface area contributed by atoms with Gasteiger partial charge in [0.05, 0.1) is 5.60 Å². The lowest BCUT2D eigenvalue weighted by molar-refractivity contribution is 0.0660. The average Bonchev–Trinajstić information content (AvgIpc) is 3.15. The Hall–Kier alpha value is -0.560. The lowest BCUT2D eigenvalue weighted by Crippen LogP contribution is -2.33. The molecule has 0 amide bonds. The van der Waals surface area contributed by atoms with Gasteiger partial charge in [-0.1, -0.05) is 98.0 Å². The van der Waals surface area contributed by atoms with E-state index in [-0.39, 0.29) is 0 Å². The van der Waals surface area contributed by atoms with E-state index in [1.165, 1.54) is 77.0 Å². The first-order valence-electron chi connectivity index (χ1n) is 14.9. The Kier molecular flexibility index (Phi) is 16.7. The van der Waals surface area contributed by atoms with Gasteiger partial charge in [0, 0.05) is 0 Å². The van der Waals surface area contributed by atoms with Crippen LogP contribution in [0.1, 0.15) is 153 Å². The van der Waals surface area contributed by atoms with Crippen LogP contribution in [-0.4, -0.2) is 10.7 Å². The third-order valence-corrected chi connectivity index (χ3v) is 8.09. The summed E-state index contributed by atoms with van der Waals surface area (Å²) >= 11 is 0. The van der Waals surface area contributed by atoms with Crippen LogP contribution in [0.3, 0.4) is 0 Å². The zero-order valence-electron chi connectivity index (χ0n) is 24.5. The van der Waals surface area contributed by atoms with E-state index < -0.39 is 5.60 Å². The molecular formula is C32H62O. The van der Waals surface area contributed by atoms with Gasteiger partial charge in [-0.05, 0) is 101 Å². The Labute approximate surface area is 209 Å². The van der Waals surface area contributed by atoms with Gasteiger partial charge in [-0.25, -0.2) is 0 Å². The van der Waals surface area contributed by atoms with Gasteiger partial charge in [0.1, 0.15) is 0 Å². The average molecular weight is 463 g/mol. The summed E-state index contributed by atoms with van der Waals surface area (Å²) in [6, 6.07) is 0. The van der Waals surface area contributed by atoms with E-state index >= 15 is 0 Å². The highest BCUT2D eigenvalue weighted by Gasteiger charge is 2.48. The Morgan fingerprint density at radius 2 is 1.58 bits per heavy atom. The molecule has 0 aromatic heterocycles. The molecule has 3 saturated carbocycles. The standard InChI is InChI=1S/C26H44O.3C2H6/c1-20-9-7-10-21(19-20)13-14-22-11-8-18-26(4)23(15-16-24(22)26)12-5-6-17-25(2,3)27;3*1-2/h13-14,20,23-24,27H,5-12,15-19H2,1-4H3;3*1-2H3/b21-13-,22-14+;;;. The topological polar surface area (TPSA) is 20.2 Å². The van der Waals surface area contributed by atoms with Crippen LogP contribution in [0.5, 0.6) is 0 Å². The van der Waals surface area contributed by atoms with Crippen LogP contribution < -0.4 is 0 Å². The molecule has 0 heterocycles. The van der Waals surface area contributed by atoms with E-state index in [0.29, 0.717) is 5.41 Å². The van der Waals surface area contributed by atoms with Crippen LogP contribution in [0.15, 0.2) is 23.3 Å². The van der Waals surface area contributed by atoms with Gasteiger partial charge in [-0.3, -0.25) is 0 Å². The second-order valence-corrected chi connectivity index (χ2v) is 11.0. The van der Waals surface area contributed by atoms with Gasteiger partial charge in [-0.15, -0.1) is 0 Å². The first-order valence-corrected chi connectivity index (χ1v) is 14.9. The maximum atomic E-state index is 9.95. The molecule has 0 radical (unpaired) electrons. The molecule has 3 rings (SSSR count). The van der Waals surface area contributed by atoms with Crippen molar-refractivity contribution in [3.8, 4) is 0 Å². The number of hydrogen-bond donors (Lipinski definition) is 1. The molecule has 4 atom stereocenters. The van der Waals surface area contributed by atoms with Gasteiger partial charge in [-0.2, -0.15) is 0 Å². The van der Waals surface area contributed by atoms with Crippen molar-refractivity contribution >= 4 is 0 Å². The fourth-order valence-corrected chi connectivity index (χ4v) is 6.47. The molecule has 4 unspecified atom stereocenters. The smallest absolute Gasteiger partial charge is 0.0591 e. The Morgan fingerprint density at radius 3 is 2.18 bits per heavy atom. The maximum absolute atomic E-state index is 9.95. The zero-order valence-corrected chi connectivity index (χ0v) is 24.5. The third-order valence-electron chi connectivity index (χ3n) is 8.09. The van der Waals surface area contributed by atoms with Crippen LogP contribution >= 0.6 is 0 Å². The normalized spacial score (nSPS) is 31.4. The van der Waals surface area contributed by atoms with Crippen molar-refractivity contribution in [1.29, 1.82) is 0 Å². The number of unbranched alkanes of at least 4 members (excludes halogenated alkanes) is 1. The van der Waals surface area contributed by atoms with Gasteiger partial charge < -0.3 is 5.11 Å². The number of hydrogen-bond acceptors (Lipinski definition) is 1. The monoisotopic (exact) mass is 462 g/mol. The van der Waals surface area contributed by atoms with E-state index in [1.54, 1.807) is 11.1 Å². The highest BCUT2D eigenvalue weighted by molar-refractivity contribution is 5.25. The first-order chi connectivity index (χ1) is 15.8. The molecule has 3 fully saturated rings. The molecule has 33 heavy (non-hydrogen) atoms. The van der Waals surface area contributed by atoms with Crippen LogP contribution in [0.2, 0.25) is 0 Å². The maximum Gasteiger partial charge on any atom is 0.0591 e. The summed E-state index contributed by atoms with van der Waals surface area (Å²) in [7, 11) is 0. The zero-order chi connectivity index (χ0) is 25.5. The predicted molar refractivity (Wildman–Crippen MR) is 151 cm³/mol. The summed E-state index contributed by atoms with van der Waals surface area (Å²) in [5.41, 5.74) is 3.52. The van der Waals surface area contributed by atoms with Crippen molar-refractivity contribution in [3.05, 3.63) is 23.3 Å². The number of fused-ring (bicyclic) bond motifs is 1. The number of rotatable bonds is 6. The molecule has 3 aliphatic rings. The Bertz CT molecular complexity index is 549. The summed E-state index contributed by atoms with van der Waals surface area (Å²) in [6.07, 6.45) is 22.3. The second kappa shape index (κ2) is 17.0. The van der Waals surface area contributed by atoms with E-state index in [1.807, 2.05) is 55.4 Å². The quantitative estimate of drug-likeness (QED) is 0.389. The minimum Gasteiger partial charge on any atom is -0.390 e. The summed E-state index contributed by atoms with van der Waals surface area (Å²) in [5, 5.41) is 9.95. The van der Waals surface area contributed by atoms with Crippen molar-refractivity contribution in [2.75, 3.05) is 0 Å². The molecule has 1 N–H and O–H groups in total. The Morgan fingerprint density at radius 1 is 0.909 bits per heavy atom. The molecule has 1 heteroatoms. The fraction of sp³-hybridized carbons (Fsp3) is 0.875. The fourth-order valence-electron chi connectivity index (χ4n) is 6.47. The summed E-state index contributed by atoms with van der Waals surface area (Å²) in [5.74, 6) is 2.62. The van der Waals surface area contributed by atoms with E-state index in [9.17, 15) is 5.11 Å². The van der Waals surface area contributed by atoms with Crippen molar-refractivity contribution < 1.29 is 5.11 Å². The highest BCUT2D eigenvalue weighted by Crippen LogP contribution is 2.58. The van der Waals surface area contributed by atoms with Gasteiger partial charge in [0.2, 0.25) is 0 Å². The molecule has 0 aromatic carbocycles. The third kappa shape index (κ3) is 10.7. The predicted octanol–water partition coefficient (Wildman–Crippen LogP) is 10.7. The minimum absolute atomic E-state index is 0.493. The van der Waals surface area contributed by atoms with Crippen LogP contribution in [0.4, 0.5) is 0 Å². The number of allylic oxidation sites excluding steroid dienone is 4. The van der Waals surface area contributed by atoms with E-state index in [4.69, 9.17) is 0 Å². The number of aliphatic hydroxyl groups is 1. The molecule has 0 aliphatic heterocycles. The molecule has 0 saturated heterocycles. The van der Waals surface area contributed by atoms with E-state index in [2.05, 4.69) is 26.0 Å². The van der Waals surface area contributed by atoms with Gasteiger partial charge in [0.15, 0.2) is 0 Å². The highest BCUT2D eigenvalue weighted by atomic mass is 16.3. The van der Waals surface area contributed by atoms with Crippen molar-refractivity contribution in [3.63, 3.8) is 0 Å². The second-order valence-electron chi connectivity index (χ2n) is 11.0. The molecule has 0 aromatic rings. The minimum atomic E-state index is -0.493. The molecule has 0 bridgehead atoms. The van der Waals surface area contributed by atoms with Crippen LogP contribution in [-0.2, 0) is 0 Å². The largest absolute Gasteiger partial charge is 0.390 e. The molecule has 196 valence electrons. The van der Waals surface area contributed by atoms with Crippen LogP contribution in [0, 0.1) is 23.2 Å². The van der Waals surface area contributed by atoms with Crippen molar-refractivity contribution in [2.45, 2.75) is 158 Å². The first kappa shape index (κ1) is 32.4. The Balaban J connectivity index is 0.00000158. The van der Waals surface area contributed by atoms with Gasteiger partial charge in [0.25, 0.3) is 0 Å². The lowest BCUT2D eigenvalue weighted by Gasteiger charge is -2.42. The summed E-state index contributed by atoms with van der Waals surface area (Å²) in [6.45, 7) is 20.9. The summed E-state index contributed by atoms with van der Waals surface area (Å²) < 4.78 is 0. The molecule has 1 nitrogen and oxygen atoms in total. The van der Waals surface area contributed by atoms with Gasteiger partial charge >= 0.3 is 0 Å². The van der Waals surface area contributed by atoms with Crippen molar-refractivity contribution in [1.82, 2.24) is 0 Å². The molecular weight excluding hydrogens is 400 g/mol. The summed E-state index contributed by atoms with van der Waals surface area (Å²) in [4.78, 5) is 0. The molecule has 0 spiro atoms. The van der Waals surface area contributed by atoms with E-state index in [0.717, 1.165) is 24.2 Å². The van der Waals surface area contributed by atoms with Crippen molar-refractivity contribution in [2.24, 2.45) is 23.2 Å².